The summed E-state index contributed by atoms with van der Waals surface area (Å²) in [5.74, 6) is -1.64. The minimum Gasteiger partial charge on any atom is -0.352 e. The van der Waals surface area contributed by atoms with E-state index >= 15 is 4.39 Å². The highest BCUT2D eigenvalue weighted by Crippen LogP contribution is 2.29. The zero-order valence-corrected chi connectivity index (χ0v) is 27.1. The summed E-state index contributed by atoms with van der Waals surface area (Å²) in [5, 5.41) is 3.38. The quantitative estimate of drug-likeness (QED) is 0.178. The SMILES string of the molecule is CC[C@@H](C)NC(=O)[C@@H](Cc1ccccc1)N(Cc1ccccc1F)C(=O)CN(c1ccc(Cl)cc1C)S(=O)(=O)c1ccccc1. The summed E-state index contributed by atoms with van der Waals surface area (Å²) in [6.07, 6.45) is 0.790. The molecule has 4 rings (SSSR count). The second-order valence-corrected chi connectivity index (χ2v) is 13.2. The van der Waals surface area contributed by atoms with Gasteiger partial charge in [0.1, 0.15) is 18.4 Å². The van der Waals surface area contributed by atoms with Crippen molar-refractivity contribution in [1.29, 1.82) is 0 Å². The summed E-state index contributed by atoms with van der Waals surface area (Å²) in [5.41, 5.74) is 1.77. The van der Waals surface area contributed by atoms with Crippen LogP contribution in [0.25, 0.3) is 0 Å². The summed E-state index contributed by atoms with van der Waals surface area (Å²) in [6, 6.07) is 26.5. The van der Waals surface area contributed by atoms with Gasteiger partial charge in [-0.2, -0.15) is 0 Å². The molecule has 1 N–H and O–H groups in total. The number of rotatable bonds is 13. The molecule has 2 atom stereocenters. The molecule has 0 bridgehead atoms. The molecule has 0 aromatic heterocycles. The van der Waals surface area contributed by atoms with E-state index < -0.39 is 40.2 Å². The Balaban J connectivity index is 1.83. The Kier molecular flexibility index (Phi) is 11.4. The highest BCUT2D eigenvalue weighted by Gasteiger charge is 2.35. The maximum atomic E-state index is 15.0. The molecule has 0 fully saturated rings. The van der Waals surface area contributed by atoms with Crippen LogP contribution in [0.2, 0.25) is 5.02 Å². The number of nitrogens with one attached hydrogen (secondary N) is 1. The molecule has 236 valence electrons. The Bertz CT molecular complexity index is 1720. The molecule has 0 spiro atoms. The van der Waals surface area contributed by atoms with Crippen molar-refractivity contribution >= 4 is 39.1 Å². The number of hydrogen-bond acceptors (Lipinski definition) is 4. The van der Waals surface area contributed by atoms with Crippen LogP contribution >= 0.6 is 11.6 Å². The first-order valence-electron chi connectivity index (χ1n) is 14.7. The van der Waals surface area contributed by atoms with Crippen molar-refractivity contribution in [2.45, 2.75) is 57.1 Å². The first-order valence-corrected chi connectivity index (χ1v) is 16.5. The number of benzene rings is 4. The second kappa shape index (κ2) is 15.2. The Hall–Kier alpha value is -4.21. The predicted octanol–water partition coefficient (Wildman–Crippen LogP) is 6.54. The Labute approximate surface area is 269 Å². The number of aryl methyl sites for hydroxylation is 1. The minimum absolute atomic E-state index is 0.0110. The Morgan fingerprint density at radius 3 is 2.16 bits per heavy atom. The molecular weight excluding hydrogens is 613 g/mol. The van der Waals surface area contributed by atoms with Crippen LogP contribution in [0, 0.1) is 12.7 Å². The molecule has 0 saturated carbocycles. The number of anilines is 1. The van der Waals surface area contributed by atoms with Crippen molar-refractivity contribution < 1.29 is 22.4 Å². The zero-order valence-electron chi connectivity index (χ0n) is 25.5. The number of halogens is 2. The highest BCUT2D eigenvalue weighted by atomic mass is 35.5. The molecule has 0 heterocycles. The molecule has 0 aliphatic rings. The zero-order chi connectivity index (χ0) is 32.6. The lowest BCUT2D eigenvalue weighted by Gasteiger charge is -2.34. The van der Waals surface area contributed by atoms with Gasteiger partial charge < -0.3 is 10.2 Å². The van der Waals surface area contributed by atoms with E-state index in [1.165, 1.54) is 23.1 Å². The summed E-state index contributed by atoms with van der Waals surface area (Å²) in [4.78, 5) is 29.6. The average Bonchev–Trinajstić information content (AvgIpc) is 3.03. The fourth-order valence-electron chi connectivity index (χ4n) is 4.94. The Morgan fingerprint density at radius 1 is 0.911 bits per heavy atom. The number of sulfonamides is 1. The molecule has 4 aromatic rings. The van der Waals surface area contributed by atoms with E-state index in [-0.39, 0.29) is 35.2 Å². The van der Waals surface area contributed by atoms with E-state index in [1.807, 2.05) is 44.2 Å². The summed E-state index contributed by atoms with van der Waals surface area (Å²) in [6.45, 7) is 4.60. The lowest BCUT2D eigenvalue weighted by molar-refractivity contribution is -0.140. The Morgan fingerprint density at radius 2 is 1.53 bits per heavy atom. The maximum absolute atomic E-state index is 15.0. The van der Waals surface area contributed by atoms with Crippen LogP contribution in [0.3, 0.4) is 0 Å². The van der Waals surface area contributed by atoms with E-state index in [0.29, 0.717) is 17.0 Å². The van der Waals surface area contributed by atoms with E-state index in [0.717, 1.165) is 9.87 Å². The van der Waals surface area contributed by atoms with E-state index in [4.69, 9.17) is 11.6 Å². The summed E-state index contributed by atoms with van der Waals surface area (Å²) >= 11 is 6.20. The number of nitrogens with zero attached hydrogens (tertiary/aromatic N) is 2. The van der Waals surface area contributed by atoms with Gasteiger partial charge in [-0.25, -0.2) is 12.8 Å². The van der Waals surface area contributed by atoms with E-state index in [2.05, 4.69) is 5.32 Å². The van der Waals surface area contributed by atoms with Crippen molar-refractivity contribution in [2.24, 2.45) is 0 Å². The van der Waals surface area contributed by atoms with Crippen LogP contribution in [0.15, 0.2) is 108 Å². The van der Waals surface area contributed by atoms with Gasteiger partial charge in [-0.3, -0.25) is 13.9 Å². The fourth-order valence-corrected chi connectivity index (χ4v) is 6.66. The van der Waals surface area contributed by atoms with Gasteiger partial charge in [-0.1, -0.05) is 85.3 Å². The standard InChI is InChI=1S/C35H37ClFN3O4S/c1-4-26(3)38-35(42)33(22-27-13-7-5-8-14-27)39(23-28-15-11-12-18-31(28)37)34(41)24-40(32-20-19-29(36)21-25(32)2)45(43,44)30-16-9-6-10-17-30/h5-21,26,33H,4,22-24H2,1-3H3,(H,38,42)/t26-,33-/m1/s1. The second-order valence-electron chi connectivity index (χ2n) is 10.9. The maximum Gasteiger partial charge on any atom is 0.264 e. The van der Waals surface area contributed by atoms with Gasteiger partial charge in [-0.05, 0) is 67.8 Å². The molecule has 0 radical (unpaired) electrons. The van der Waals surface area contributed by atoms with Crippen LogP contribution in [0.5, 0.6) is 0 Å². The molecule has 4 aromatic carbocycles. The largest absolute Gasteiger partial charge is 0.352 e. The van der Waals surface area contributed by atoms with Crippen molar-refractivity contribution in [2.75, 3.05) is 10.8 Å². The van der Waals surface area contributed by atoms with Gasteiger partial charge in [0.2, 0.25) is 11.8 Å². The van der Waals surface area contributed by atoms with Crippen molar-refractivity contribution in [3.8, 4) is 0 Å². The van der Waals surface area contributed by atoms with Crippen LogP contribution in [0.4, 0.5) is 10.1 Å². The first kappa shape index (κ1) is 33.7. The molecule has 0 aliphatic carbocycles. The normalized spacial score (nSPS) is 12.6. The summed E-state index contributed by atoms with van der Waals surface area (Å²) in [7, 11) is -4.26. The third kappa shape index (κ3) is 8.49. The van der Waals surface area contributed by atoms with E-state index in [9.17, 15) is 18.0 Å². The predicted molar refractivity (Wildman–Crippen MR) is 176 cm³/mol. The molecule has 10 heteroatoms. The molecule has 45 heavy (non-hydrogen) atoms. The molecule has 0 aliphatic heterocycles. The third-order valence-electron chi connectivity index (χ3n) is 7.61. The van der Waals surface area contributed by atoms with Crippen LogP contribution in [-0.2, 0) is 32.6 Å². The smallest absolute Gasteiger partial charge is 0.264 e. The third-order valence-corrected chi connectivity index (χ3v) is 9.62. The van der Waals surface area contributed by atoms with Gasteiger partial charge in [-0.15, -0.1) is 0 Å². The topological polar surface area (TPSA) is 86.8 Å². The van der Waals surface area contributed by atoms with Gasteiger partial charge in [0.15, 0.2) is 0 Å². The molecule has 2 amide bonds. The molecular formula is C35H37ClFN3O4S. The number of hydrogen-bond donors (Lipinski definition) is 1. The monoisotopic (exact) mass is 649 g/mol. The van der Waals surface area contributed by atoms with Gasteiger partial charge in [0.05, 0.1) is 10.6 Å². The van der Waals surface area contributed by atoms with Crippen molar-refractivity contribution in [1.82, 2.24) is 10.2 Å². The molecule has 7 nitrogen and oxygen atoms in total. The fraction of sp³-hybridized carbons (Fsp3) is 0.257. The van der Waals surface area contributed by atoms with Gasteiger partial charge >= 0.3 is 0 Å². The van der Waals surface area contributed by atoms with Crippen LogP contribution in [-0.4, -0.2) is 43.8 Å². The number of carbonyl (C=O) groups excluding carboxylic acids is 2. The highest BCUT2D eigenvalue weighted by molar-refractivity contribution is 7.92. The van der Waals surface area contributed by atoms with Gasteiger partial charge in [0.25, 0.3) is 10.0 Å². The van der Waals surface area contributed by atoms with Crippen molar-refractivity contribution in [3.63, 3.8) is 0 Å². The number of carbonyl (C=O) groups is 2. The average molecular weight is 650 g/mol. The van der Waals surface area contributed by atoms with Crippen LogP contribution in [0.1, 0.15) is 37.0 Å². The number of amides is 2. The van der Waals surface area contributed by atoms with Gasteiger partial charge in [0, 0.05) is 29.6 Å². The molecule has 0 saturated heterocycles. The summed E-state index contributed by atoms with van der Waals surface area (Å²) < 4.78 is 44.3. The van der Waals surface area contributed by atoms with Crippen LogP contribution < -0.4 is 9.62 Å². The van der Waals surface area contributed by atoms with E-state index in [1.54, 1.807) is 61.5 Å². The minimum atomic E-state index is -4.26. The lowest BCUT2D eigenvalue weighted by Crippen LogP contribution is -2.54. The lowest BCUT2D eigenvalue weighted by atomic mass is 10.0. The van der Waals surface area contributed by atoms with Crippen molar-refractivity contribution in [3.05, 3.63) is 131 Å². The molecule has 0 unspecified atom stereocenters. The first-order chi connectivity index (χ1) is 21.5.